The molecule has 0 saturated heterocycles. The molecule has 0 aliphatic heterocycles. The van der Waals surface area contributed by atoms with Crippen molar-refractivity contribution in [1.82, 2.24) is 15.0 Å². The lowest BCUT2D eigenvalue weighted by molar-refractivity contribution is 0.253. The van der Waals surface area contributed by atoms with E-state index in [1.54, 1.807) is 0 Å². The molecule has 0 N–H and O–H groups in total. The molecule has 1 aromatic heterocycles. The second-order valence-electron chi connectivity index (χ2n) is 6.06. The van der Waals surface area contributed by atoms with Crippen LogP contribution in [-0.4, -0.2) is 28.7 Å². The van der Waals surface area contributed by atoms with Gasteiger partial charge in [-0.1, -0.05) is 32.0 Å². The molecule has 5 nitrogen and oxygen atoms in total. The van der Waals surface area contributed by atoms with Crippen LogP contribution in [0.25, 0.3) is 0 Å². The Labute approximate surface area is 140 Å². The summed E-state index contributed by atoms with van der Waals surface area (Å²) in [5.74, 6) is -0.154. The van der Waals surface area contributed by atoms with Gasteiger partial charge in [0.25, 0.3) is 0 Å². The second kappa shape index (κ2) is 8.19. The largest absolute Gasteiger partial charge is 0.491 e. The van der Waals surface area contributed by atoms with Crippen molar-refractivity contribution in [3.8, 4) is 5.75 Å². The molecule has 0 aliphatic carbocycles. The van der Waals surface area contributed by atoms with Crippen LogP contribution in [0.4, 0.5) is 8.78 Å². The van der Waals surface area contributed by atoms with Crippen LogP contribution in [0.3, 0.4) is 0 Å². The van der Waals surface area contributed by atoms with E-state index in [1.165, 1.54) is 19.2 Å². The van der Waals surface area contributed by atoms with Gasteiger partial charge < -0.3 is 9.26 Å². The Balaban J connectivity index is 2.08. The van der Waals surface area contributed by atoms with E-state index < -0.39 is 11.6 Å². The summed E-state index contributed by atoms with van der Waals surface area (Å²) in [4.78, 5) is 6.30. The molecule has 0 amide bonds. The van der Waals surface area contributed by atoms with E-state index in [-0.39, 0.29) is 5.75 Å². The smallest absolute Gasteiger partial charge is 0.226 e. The first kappa shape index (κ1) is 18.3. The van der Waals surface area contributed by atoms with Crippen molar-refractivity contribution in [2.45, 2.75) is 40.3 Å². The summed E-state index contributed by atoms with van der Waals surface area (Å²) in [6, 6.07) is 2.64. The summed E-state index contributed by atoms with van der Waals surface area (Å²) < 4.78 is 37.8. The molecule has 2 rings (SSSR count). The highest BCUT2D eigenvalue weighted by Crippen LogP contribution is 2.25. The zero-order valence-electron chi connectivity index (χ0n) is 14.5. The molecular formula is C17H23F2N3O2. The third-order valence-electron chi connectivity index (χ3n) is 3.63. The fourth-order valence-electron chi connectivity index (χ4n) is 2.39. The molecule has 0 unspecified atom stereocenters. The number of ether oxygens (including phenoxy) is 1. The van der Waals surface area contributed by atoms with E-state index in [2.05, 4.69) is 24.0 Å². The number of aromatic nitrogens is 2. The fourth-order valence-corrected chi connectivity index (χ4v) is 2.39. The van der Waals surface area contributed by atoms with Gasteiger partial charge >= 0.3 is 0 Å². The third kappa shape index (κ3) is 4.50. The van der Waals surface area contributed by atoms with E-state index in [1.807, 2.05) is 11.8 Å². The Bertz CT molecular complexity index is 674. The second-order valence-corrected chi connectivity index (χ2v) is 6.06. The summed E-state index contributed by atoms with van der Waals surface area (Å²) in [6.07, 6.45) is 0.725. The van der Waals surface area contributed by atoms with Crippen LogP contribution in [0, 0.1) is 17.6 Å². The maximum atomic E-state index is 14.3. The quantitative estimate of drug-likeness (QED) is 0.736. The van der Waals surface area contributed by atoms with Crippen molar-refractivity contribution in [3.05, 3.63) is 41.0 Å². The summed E-state index contributed by atoms with van der Waals surface area (Å²) in [5.41, 5.74) is 0.362. The molecule has 1 heterocycles. The highest BCUT2D eigenvalue weighted by atomic mass is 19.1. The Kier molecular flexibility index (Phi) is 6.25. The molecule has 0 saturated carbocycles. The minimum atomic E-state index is -0.710. The van der Waals surface area contributed by atoms with E-state index in [4.69, 9.17) is 9.26 Å². The normalized spacial score (nSPS) is 11.5. The van der Waals surface area contributed by atoms with Gasteiger partial charge in [0.15, 0.2) is 23.2 Å². The van der Waals surface area contributed by atoms with Crippen LogP contribution >= 0.6 is 0 Å². The molecule has 0 spiro atoms. The maximum absolute atomic E-state index is 14.3. The molecule has 2 aromatic rings. The SMILES string of the molecule is CCN(Cc1noc(CC(C)C)n1)Cc1ccc(F)c(OC)c1F. The highest BCUT2D eigenvalue weighted by Gasteiger charge is 2.17. The van der Waals surface area contributed by atoms with Gasteiger partial charge in [-0.2, -0.15) is 4.98 Å². The van der Waals surface area contributed by atoms with Crippen LogP contribution in [0.2, 0.25) is 0 Å². The molecule has 0 bridgehead atoms. The number of benzene rings is 1. The van der Waals surface area contributed by atoms with Gasteiger partial charge in [-0.05, 0) is 18.5 Å². The van der Waals surface area contributed by atoms with Gasteiger partial charge in [0.1, 0.15) is 0 Å². The average molecular weight is 339 g/mol. The number of halogens is 2. The lowest BCUT2D eigenvalue weighted by Crippen LogP contribution is -2.23. The topological polar surface area (TPSA) is 51.4 Å². The third-order valence-corrected chi connectivity index (χ3v) is 3.63. The molecule has 0 radical (unpaired) electrons. The van der Waals surface area contributed by atoms with Crippen molar-refractivity contribution < 1.29 is 18.0 Å². The molecule has 132 valence electrons. The summed E-state index contributed by atoms with van der Waals surface area (Å²) in [5, 5.41) is 3.96. The van der Waals surface area contributed by atoms with Crippen molar-refractivity contribution >= 4 is 0 Å². The van der Waals surface area contributed by atoms with E-state index in [9.17, 15) is 8.78 Å². The van der Waals surface area contributed by atoms with Crippen LogP contribution in [0.15, 0.2) is 16.7 Å². The summed E-state index contributed by atoms with van der Waals surface area (Å²) >= 11 is 0. The van der Waals surface area contributed by atoms with Crippen LogP contribution in [0.1, 0.15) is 38.0 Å². The molecule has 0 fully saturated rings. The first-order chi connectivity index (χ1) is 11.4. The summed E-state index contributed by atoms with van der Waals surface area (Å²) in [7, 11) is 1.25. The number of nitrogens with zero attached hydrogens (tertiary/aromatic N) is 3. The predicted molar refractivity (Wildman–Crippen MR) is 85.5 cm³/mol. The van der Waals surface area contributed by atoms with Crippen LogP contribution in [0.5, 0.6) is 5.75 Å². The Morgan fingerprint density at radius 2 is 2.00 bits per heavy atom. The van der Waals surface area contributed by atoms with Crippen molar-refractivity contribution in [3.63, 3.8) is 0 Å². The molecular weight excluding hydrogens is 316 g/mol. The molecule has 7 heteroatoms. The standard InChI is InChI=1S/C17H23F2N3O2/c1-5-22(10-14-20-15(24-21-14)8-11(2)3)9-12-6-7-13(18)17(23-4)16(12)19/h6-7,11H,5,8-10H2,1-4H3. The number of hydrogen-bond acceptors (Lipinski definition) is 5. The molecule has 0 atom stereocenters. The van der Waals surface area contributed by atoms with E-state index in [0.29, 0.717) is 42.8 Å². The zero-order valence-corrected chi connectivity index (χ0v) is 14.5. The first-order valence-corrected chi connectivity index (χ1v) is 7.99. The first-order valence-electron chi connectivity index (χ1n) is 7.99. The van der Waals surface area contributed by atoms with Gasteiger partial charge in [-0.25, -0.2) is 8.78 Å². The minimum Gasteiger partial charge on any atom is -0.491 e. The van der Waals surface area contributed by atoms with Crippen molar-refractivity contribution in [2.24, 2.45) is 5.92 Å². The highest BCUT2D eigenvalue weighted by molar-refractivity contribution is 5.32. The van der Waals surface area contributed by atoms with Gasteiger partial charge in [-0.15, -0.1) is 0 Å². The van der Waals surface area contributed by atoms with Crippen LogP contribution < -0.4 is 4.74 Å². The number of hydrogen-bond donors (Lipinski definition) is 0. The lowest BCUT2D eigenvalue weighted by atomic mass is 10.1. The minimum absolute atomic E-state index is 0.299. The fraction of sp³-hybridized carbons (Fsp3) is 0.529. The van der Waals surface area contributed by atoms with Crippen molar-refractivity contribution in [1.29, 1.82) is 0 Å². The van der Waals surface area contributed by atoms with Gasteiger partial charge in [-0.3, -0.25) is 4.90 Å². The average Bonchev–Trinajstić information content (AvgIpc) is 2.96. The lowest BCUT2D eigenvalue weighted by Gasteiger charge is -2.19. The monoisotopic (exact) mass is 339 g/mol. The zero-order chi connectivity index (χ0) is 17.7. The Morgan fingerprint density at radius 3 is 2.62 bits per heavy atom. The van der Waals surface area contributed by atoms with Crippen LogP contribution in [-0.2, 0) is 19.5 Å². The number of methoxy groups -OCH3 is 1. The molecule has 24 heavy (non-hydrogen) atoms. The Morgan fingerprint density at radius 1 is 1.25 bits per heavy atom. The van der Waals surface area contributed by atoms with Crippen molar-refractivity contribution in [2.75, 3.05) is 13.7 Å². The van der Waals surface area contributed by atoms with Gasteiger partial charge in [0, 0.05) is 18.5 Å². The Hall–Kier alpha value is -2.02. The maximum Gasteiger partial charge on any atom is 0.226 e. The summed E-state index contributed by atoms with van der Waals surface area (Å²) in [6.45, 7) is 7.49. The molecule has 1 aromatic carbocycles. The predicted octanol–water partition coefficient (Wildman–Crippen LogP) is 3.58. The van der Waals surface area contributed by atoms with E-state index >= 15 is 0 Å². The van der Waals surface area contributed by atoms with E-state index in [0.717, 1.165) is 6.42 Å². The number of rotatable bonds is 8. The molecule has 0 aliphatic rings. The van der Waals surface area contributed by atoms with Gasteiger partial charge in [0.05, 0.1) is 13.7 Å². The van der Waals surface area contributed by atoms with Gasteiger partial charge in [0.2, 0.25) is 5.89 Å².